The lowest BCUT2D eigenvalue weighted by atomic mass is 9.97. The molecule has 0 saturated heterocycles. The van der Waals surface area contributed by atoms with Crippen LogP contribution in [0.15, 0.2) is 61.7 Å². The molecule has 0 amide bonds. The number of ether oxygens (including phenoxy) is 2. The first-order chi connectivity index (χ1) is 19.1. The highest BCUT2D eigenvalue weighted by molar-refractivity contribution is 5.73. The molecule has 2 aromatic rings. The summed E-state index contributed by atoms with van der Waals surface area (Å²) in [6, 6.07) is 13.1. The van der Waals surface area contributed by atoms with E-state index in [1.807, 2.05) is 12.2 Å². The Balaban J connectivity index is 2.16. The zero-order valence-electron chi connectivity index (χ0n) is 26.6. The maximum atomic E-state index is 6.40. The molecule has 0 heterocycles. The summed E-state index contributed by atoms with van der Waals surface area (Å²) in [6.07, 6.45) is 12.6. The van der Waals surface area contributed by atoms with Gasteiger partial charge in [0.15, 0.2) is 0 Å². The predicted molar refractivity (Wildman–Crippen MR) is 173 cm³/mol. The fourth-order valence-electron chi connectivity index (χ4n) is 5.17. The maximum absolute atomic E-state index is 6.40. The van der Waals surface area contributed by atoms with Crippen LogP contribution in [-0.2, 0) is 12.8 Å². The van der Waals surface area contributed by atoms with Crippen molar-refractivity contribution in [2.75, 3.05) is 67.6 Å². The molecule has 0 atom stereocenters. The monoisotopic (exact) mass is 550 g/mol. The summed E-state index contributed by atoms with van der Waals surface area (Å²) >= 11 is 0. The molecule has 222 valence electrons. The second-order valence-corrected chi connectivity index (χ2v) is 12.5. The SMILES string of the molecule is C=CCc1ccc(OCCC[N+](C)(C)CCCC)c(-c2ccc(OCCC[N+](C)(C)CCCC)c(CC=C)c2)c1. The topological polar surface area (TPSA) is 18.5 Å². The van der Waals surface area contributed by atoms with E-state index in [0.717, 1.165) is 83.6 Å². The van der Waals surface area contributed by atoms with E-state index in [1.54, 1.807) is 0 Å². The lowest BCUT2D eigenvalue weighted by molar-refractivity contribution is -0.890. The van der Waals surface area contributed by atoms with E-state index >= 15 is 0 Å². The molecule has 2 aromatic carbocycles. The Kier molecular flexibility index (Phi) is 14.5. The van der Waals surface area contributed by atoms with Crippen LogP contribution in [0.5, 0.6) is 11.5 Å². The number of rotatable bonds is 21. The highest BCUT2D eigenvalue weighted by Gasteiger charge is 2.16. The van der Waals surface area contributed by atoms with Gasteiger partial charge in [-0.15, -0.1) is 13.2 Å². The second-order valence-electron chi connectivity index (χ2n) is 12.5. The zero-order valence-corrected chi connectivity index (χ0v) is 26.6. The molecule has 40 heavy (non-hydrogen) atoms. The smallest absolute Gasteiger partial charge is 0.127 e. The third kappa shape index (κ3) is 11.9. The Labute approximate surface area is 246 Å². The number of hydrogen-bond donors (Lipinski definition) is 0. The molecular weight excluding hydrogens is 492 g/mol. The van der Waals surface area contributed by atoms with Gasteiger partial charge >= 0.3 is 0 Å². The third-order valence-electron chi connectivity index (χ3n) is 7.72. The molecule has 0 spiro atoms. The van der Waals surface area contributed by atoms with Crippen molar-refractivity contribution in [3.05, 3.63) is 72.8 Å². The molecule has 0 fully saturated rings. The van der Waals surface area contributed by atoms with Crippen LogP contribution < -0.4 is 9.47 Å². The second kappa shape index (κ2) is 17.3. The maximum Gasteiger partial charge on any atom is 0.127 e. The molecule has 0 aliphatic carbocycles. The average Bonchev–Trinajstić information content (AvgIpc) is 2.93. The number of benzene rings is 2. The largest absolute Gasteiger partial charge is 0.493 e. The van der Waals surface area contributed by atoms with E-state index in [1.165, 1.54) is 49.9 Å². The van der Waals surface area contributed by atoms with E-state index in [4.69, 9.17) is 9.47 Å². The minimum atomic E-state index is 0.718. The fourth-order valence-corrected chi connectivity index (χ4v) is 5.17. The van der Waals surface area contributed by atoms with Gasteiger partial charge in [0, 0.05) is 18.4 Å². The Morgan fingerprint density at radius 1 is 0.650 bits per heavy atom. The van der Waals surface area contributed by atoms with E-state index in [9.17, 15) is 0 Å². The summed E-state index contributed by atoms with van der Waals surface area (Å²) in [5.41, 5.74) is 4.69. The molecule has 0 saturated carbocycles. The fraction of sp³-hybridized carbons (Fsp3) is 0.556. The first-order valence-corrected chi connectivity index (χ1v) is 15.5. The molecular formula is C36H58N2O2+2. The molecule has 0 aliphatic rings. The van der Waals surface area contributed by atoms with Gasteiger partial charge in [-0.1, -0.05) is 51.0 Å². The lowest BCUT2D eigenvalue weighted by Crippen LogP contribution is -2.41. The van der Waals surface area contributed by atoms with Crippen molar-refractivity contribution in [1.82, 2.24) is 0 Å². The summed E-state index contributed by atoms with van der Waals surface area (Å²) in [5.74, 6) is 1.90. The highest BCUT2D eigenvalue weighted by Crippen LogP contribution is 2.35. The molecule has 0 radical (unpaired) electrons. The van der Waals surface area contributed by atoms with E-state index in [2.05, 4.69) is 91.6 Å². The summed E-state index contributed by atoms with van der Waals surface area (Å²) < 4.78 is 14.8. The third-order valence-corrected chi connectivity index (χ3v) is 7.72. The minimum absolute atomic E-state index is 0.718. The van der Waals surface area contributed by atoms with Gasteiger partial charge in [-0.2, -0.15) is 0 Å². The van der Waals surface area contributed by atoms with Crippen LogP contribution in [-0.4, -0.2) is 76.5 Å². The van der Waals surface area contributed by atoms with Gasteiger partial charge in [-0.3, -0.25) is 0 Å². The van der Waals surface area contributed by atoms with Crippen LogP contribution in [0.4, 0.5) is 0 Å². The van der Waals surface area contributed by atoms with Gasteiger partial charge in [-0.05, 0) is 66.6 Å². The van der Waals surface area contributed by atoms with E-state index in [-0.39, 0.29) is 0 Å². The molecule has 4 heteroatoms. The molecule has 0 unspecified atom stereocenters. The lowest BCUT2D eigenvalue weighted by Gasteiger charge is -2.29. The van der Waals surface area contributed by atoms with Crippen LogP contribution in [0.25, 0.3) is 11.1 Å². The highest BCUT2D eigenvalue weighted by atomic mass is 16.5. The first-order valence-electron chi connectivity index (χ1n) is 15.5. The standard InChI is InChI=1S/C36H58N2O2/c1-9-13-23-37(5,6)25-15-27-39-35-22-20-32(30-33(35)18-12-4)34-29-31(17-11-3)19-21-36(34)40-28-16-26-38(7,8)24-14-10-2/h11-12,19-22,29-30H,3-4,9-10,13-18,23-28H2,1-2,5-8H3/q+2. The minimum Gasteiger partial charge on any atom is -0.493 e. The summed E-state index contributed by atoms with van der Waals surface area (Å²) in [4.78, 5) is 0. The molecule has 0 bridgehead atoms. The van der Waals surface area contributed by atoms with Crippen molar-refractivity contribution in [1.29, 1.82) is 0 Å². The van der Waals surface area contributed by atoms with Crippen LogP contribution in [0, 0.1) is 0 Å². The van der Waals surface area contributed by atoms with Gasteiger partial charge in [0.25, 0.3) is 0 Å². The molecule has 0 aliphatic heterocycles. The van der Waals surface area contributed by atoms with Crippen molar-refractivity contribution in [2.24, 2.45) is 0 Å². The molecule has 0 aromatic heterocycles. The first kappa shape index (κ1) is 33.6. The average molecular weight is 551 g/mol. The summed E-state index contributed by atoms with van der Waals surface area (Å²) in [6.45, 7) is 18.6. The van der Waals surface area contributed by atoms with Crippen LogP contribution >= 0.6 is 0 Å². The summed E-state index contributed by atoms with van der Waals surface area (Å²) in [7, 11) is 9.28. The van der Waals surface area contributed by atoms with Crippen molar-refractivity contribution in [3.8, 4) is 22.6 Å². The number of quaternary nitrogens is 2. The van der Waals surface area contributed by atoms with Gasteiger partial charge in [0.05, 0.1) is 67.6 Å². The zero-order chi connectivity index (χ0) is 29.4. The Hall–Kier alpha value is -2.56. The Morgan fingerprint density at radius 2 is 1.18 bits per heavy atom. The number of allylic oxidation sites excluding steroid dienone is 2. The molecule has 2 rings (SSSR count). The molecule has 0 N–H and O–H groups in total. The van der Waals surface area contributed by atoms with Crippen molar-refractivity contribution < 1.29 is 18.4 Å². The van der Waals surface area contributed by atoms with E-state index in [0.29, 0.717) is 0 Å². The summed E-state index contributed by atoms with van der Waals surface area (Å²) in [5, 5.41) is 0. The number of nitrogens with zero attached hydrogens (tertiary/aromatic N) is 2. The number of unbranched alkanes of at least 4 members (excludes halogenated alkanes) is 2. The van der Waals surface area contributed by atoms with Crippen molar-refractivity contribution in [2.45, 2.75) is 65.2 Å². The van der Waals surface area contributed by atoms with Gasteiger partial charge in [-0.25, -0.2) is 0 Å². The van der Waals surface area contributed by atoms with Gasteiger partial charge in [0.1, 0.15) is 11.5 Å². The predicted octanol–water partition coefficient (Wildman–Crippen LogP) is 8.10. The van der Waals surface area contributed by atoms with Gasteiger partial charge in [0.2, 0.25) is 0 Å². The van der Waals surface area contributed by atoms with Crippen LogP contribution in [0.2, 0.25) is 0 Å². The van der Waals surface area contributed by atoms with Crippen LogP contribution in [0.1, 0.15) is 63.5 Å². The van der Waals surface area contributed by atoms with E-state index < -0.39 is 0 Å². The quantitative estimate of drug-likeness (QED) is 0.0888. The van der Waals surface area contributed by atoms with Crippen molar-refractivity contribution in [3.63, 3.8) is 0 Å². The van der Waals surface area contributed by atoms with Crippen molar-refractivity contribution >= 4 is 0 Å². The molecule has 4 nitrogen and oxygen atoms in total. The Morgan fingerprint density at radius 3 is 1.73 bits per heavy atom. The van der Waals surface area contributed by atoms with Gasteiger partial charge < -0.3 is 18.4 Å². The normalized spacial score (nSPS) is 11.8. The van der Waals surface area contributed by atoms with Crippen LogP contribution in [0.3, 0.4) is 0 Å². The Bertz CT molecular complexity index is 1040. The number of hydrogen-bond acceptors (Lipinski definition) is 2.